The summed E-state index contributed by atoms with van der Waals surface area (Å²) in [5, 5.41) is 3.11. The van der Waals surface area contributed by atoms with Crippen LogP contribution in [0.1, 0.15) is 30.0 Å². The van der Waals surface area contributed by atoms with E-state index in [1.165, 1.54) is 12.4 Å². The van der Waals surface area contributed by atoms with Gasteiger partial charge in [-0.3, -0.25) is 4.79 Å². The van der Waals surface area contributed by atoms with Gasteiger partial charge in [0.05, 0.1) is 28.6 Å². The van der Waals surface area contributed by atoms with E-state index in [0.717, 1.165) is 29.6 Å². The minimum Gasteiger partial charge on any atom is -0.457 e. The number of carbonyl (C=O) groups is 1. The van der Waals surface area contributed by atoms with Crippen molar-refractivity contribution in [1.82, 2.24) is 29.4 Å². The first-order valence-electron chi connectivity index (χ1n) is 13.1. The van der Waals surface area contributed by atoms with Crippen LogP contribution in [0.15, 0.2) is 67.8 Å². The van der Waals surface area contributed by atoms with Crippen molar-refractivity contribution in [3.63, 3.8) is 0 Å². The number of aromatic nitrogens is 5. The summed E-state index contributed by atoms with van der Waals surface area (Å²) in [6.45, 7) is 6.56. The van der Waals surface area contributed by atoms with Crippen molar-refractivity contribution in [3.05, 3.63) is 84.8 Å². The number of nitrogens with one attached hydrogen (secondary N) is 1. The molecule has 1 fully saturated rings. The number of hydrogen-bond donors (Lipinski definition) is 1. The van der Waals surface area contributed by atoms with E-state index in [-0.39, 0.29) is 17.5 Å². The Bertz CT molecular complexity index is 1760. The monoisotopic (exact) mass is 537 g/mol. The maximum Gasteiger partial charge on any atom is 0.245 e. The van der Waals surface area contributed by atoms with Crippen molar-refractivity contribution in [2.75, 3.05) is 18.4 Å². The molecule has 0 radical (unpaired) electrons. The molecule has 6 rings (SSSR count). The third kappa shape index (κ3) is 4.72. The Hall–Kier alpha value is -4.86. The highest BCUT2D eigenvalue weighted by Crippen LogP contribution is 2.34. The molecule has 0 spiro atoms. The maximum absolute atomic E-state index is 15.5. The Morgan fingerprint density at radius 3 is 2.73 bits per heavy atom. The second-order valence-electron chi connectivity index (χ2n) is 9.91. The van der Waals surface area contributed by atoms with Gasteiger partial charge in [-0.05, 0) is 62.2 Å². The molecule has 0 aliphatic carbocycles. The molecule has 0 atom stereocenters. The predicted molar refractivity (Wildman–Crippen MR) is 151 cm³/mol. The Morgan fingerprint density at radius 1 is 1.10 bits per heavy atom. The molecule has 40 heavy (non-hydrogen) atoms. The van der Waals surface area contributed by atoms with E-state index in [2.05, 4.69) is 26.8 Å². The van der Waals surface area contributed by atoms with Crippen molar-refractivity contribution in [3.8, 4) is 11.5 Å². The number of likely N-dealkylation sites (tertiary alicyclic amines) is 1. The van der Waals surface area contributed by atoms with Crippen molar-refractivity contribution in [1.29, 1.82) is 0 Å². The second kappa shape index (κ2) is 10.4. The molecule has 0 unspecified atom stereocenters. The molecule has 2 aromatic carbocycles. The van der Waals surface area contributed by atoms with Gasteiger partial charge >= 0.3 is 0 Å². The number of halogens is 1. The Morgan fingerprint density at radius 2 is 1.93 bits per heavy atom. The van der Waals surface area contributed by atoms with Crippen LogP contribution in [0.4, 0.5) is 15.9 Å². The molecule has 0 bridgehead atoms. The van der Waals surface area contributed by atoms with Gasteiger partial charge in [-0.25, -0.2) is 24.3 Å². The first-order valence-corrected chi connectivity index (χ1v) is 13.1. The highest BCUT2D eigenvalue weighted by molar-refractivity contribution is 5.88. The lowest BCUT2D eigenvalue weighted by molar-refractivity contribution is -0.127. The number of carbonyl (C=O) groups excluding carboxylic acids is 1. The number of nitrogens with zero attached hydrogens (tertiary/aromatic N) is 6. The van der Waals surface area contributed by atoms with Crippen LogP contribution in [0.3, 0.4) is 0 Å². The average molecular weight is 538 g/mol. The van der Waals surface area contributed by atoms with Crippen LogP contribution in [0.2, 0.25) is 0 Å². The molecule has 3 aromatic heterocycles. The summed E-state index contributed by atoms with van der Waals surface area (Å²) in [6.07, 6.45) is 6.13. The third-order valence-corrected chi connectivity index (χ3v) is 7.42. The van der Waals surface area contributed by atoms with E-state index < -0.39 is 5.82 Å². The lowest BCUT2D eigenvalue weighted by Crippen LogP contribution is -2.36. The maximum atomic E-state index is 15.5. The summed E-state index contributed by atoms with van der Waals surface area (Å²) >= 11 is 0. The normalized spacial score (nSPS) is 14.0. The van der Waals surface area contributed by atoms with Crippen LogP contribution >= 0.6 is 0 Å². The molecule has 4 heterocycles. The molecule has 1 N–H and O–H groups in total. The lowest BCUT2D eigenvalue weighted by atomic mass is 9.93. The minimum absolute atomic E-state index is 0.0483. The number of amides is 1. The van der Waals surface area contributed by atoms with Crippen LogP contribution in [0, 0.1) is 12.7 Å². The van der Waals surface area contributed by atoms with E-state index in [1.54, 1.807) is 30.3 Å². The highest BCUT2D eigenvalue weighted by Gasteiger charge is 2.24. The molecule has 0 saturated carbocycles. The number of piperidine rings is 1. The quantitative estimate of drug-likeness (QED) is 0.274. The number of benzene rings is 2. The number of fused-ring (bicyclic) bond motifs is 2. The topological polar surface area (TPSA) is 98.1 Å². The van der Waals surface area contributed by atoms with Crippen LogP contribution in [-0.2, 0) is 11.8 Å². The minimum atomic E-state index is -0.446. The van der Waals surface area contributed by atoms with Gasteiger partial charge in [0.25, 0.3) is 0 Å². The van der Waals surface area contributed by atoms with Crippen LogP contribution < -0.4 is 10.1 Å². The first-order chi connectivity index (χ1) is 19.4. The van der Waals surface area contributed by atoms with Crippen LogP contribution in [0.5, 0.6) is 11.5 Å². The van der Waals surface area contributed by atoms with E-state index in [1.807, 2.05) is 41.9 Å². The Labute approximate surface area is 230 Å². The van der Waals surface area contributed by atoms with E-state index in [0.29, 0.717) is 47.0 Å². The number of ether oxygens (including phenoxy) is 1. The largest absolute Gasteiger partial charge is 0.457 e. The Kier molecular flexibility index (Phi) is 6.59. The van der Waals surface area contributed by atoms with Gasteiger partial charge in [0.1, 0.15) is 23.3 Å². The molecule has 1 saturated heterocycles. The zero-order valence-electron chi connectivity index (χ0n) is 22.3. The van der Waals surface area contributed by atoms with Gasteiger partial charge in [-0.15, -0.1) is 0 Å². The summed E-state index contributed by atoms with van der Waals surface area (Å²) < 4.78 is 23.5. The van der Waals surface area contributed by atoms with Gasteiger partial charge < -0.3 is 19.5 Å². The molecule has 5 aromatic rings. The summed E-state index contributed by atoms with van der Waals surface area (Å²) in [7, 11) is 1.93. The lowest BCUT2D eigenvalue weighted by Gasteiger charge is -2.31. The predicted octanol–water partition coefficient (Wildman–Crippen LogP) is 5.79. The fourth-order valence-electron chi connectivity index (χ4n) is 5.11. The molecule has 1 aliphatic rings. The number of pyridine rings is 1. The number of rotatable bonds is 6. The smallest absolute Gasteiger partial charge is 0.245 e. The van der Waals surface area contributed by atoms with Gasteiger partial charge in [-0.2, -0.15) is 0 Å². The van der Waals surface area contributed by atoms with Crippen molar-refractivity contribution in [2.24, 2.45) is 7.05 Å². The second-order valence-corrected chi connectivity index (χ2v) is 9.91. The number of aryl methyl sites for hydroxylation is 1. The molecule has 202 valence electrons. The SMILES string of the molecule is C=CC(=O)N1CCC(c2ccc3ncnc(Nc4ccc(Oc5ccc6c(c5)ncn6C)c(C)c4F)c3n2)CC1. The molecular weight excluding hydrogens is 509 g/mol. The third-order valence-electron chi connectivity index (χ3n) is 7.42. The standard InChI is InChI=1S/C30H28FN7O2/c1-4-27(39)38-13-11-19(12-14-38)21-6-7-23-29(35-21)30(33-16-32-23)36-22-8-10-26(18(2)28(22)31)40-20-5-9-25-24(15-20)34-17-37(25)3/h4-10,15-17,19H,1,11-14H2,2-3H3,(H,32,33,36). The molecular formula is C30H28FN7O2. The summed E-state index contributed by atoms with van der Waals surface area (Å²) in [5.41, 5.74) is 4.52. The molecule has 1 amide bonds. The number of anilines is 2. The van der Waals surface area contributed by atoms with Crippen molar-refractivity contribution >= 4 is 39.5 Å². The van der Waals surface area contributed by atoms with E-state index >= 15 is 4.39 Å². The van der Waals surface area contributed by atoms with E-state index in [4.69, 9.17) is 9.72 Å². The fourth-order valence-corrected chi connectivity index (χ4v) is 5.11. The summed E-state index contributed by atoms with van der Waals surface area (Å²) in [4.78, 5) is 31.7. The van der Waals surface area contributed by atoms with Gasteiger partial charge in [0.15, 0.2) is 11.6 Å². The van der Waals surface area contributed by atoms with Crippen LogP contribution in [0.25, 0.3) is 22.1 Å². The highest BCUT2D eigenvalue weighted by atomic mass is 19.1. The average Bonchev–Trinajstić information content (AvgIpc) is 3.36. The molecule has 9 nitrogen and oxygen atoms in total. The molecule has 10 heteroatoms. The zero-order valence-corrected chi connectivity index (χ0v) is 22.3. The Balaban J connectivity index is 1.24. The number of hydrogen-bond acceptors (Lipinski definition) is 7. The molecule has 1 aliphatic heterocycles. The van der Waals surface area contributed by atoms with Gasteiger partial charge in [-0.1, -0.05) is 6.58 Å². The van der Waals surface area contributed by atoms with Crippen LogP contribution in [-0.4, -0.2) is 48.4 Å². The van der Waals surface area contributed by atoms with E-state index in [9.17, 15) is 4.79 Å². The first kappa shape index (κ1) is 25.4. The fraction of sp³-hybridized carbons (Fsp3) is 0.233. The summed E-state index contributed by atoms with van der Waals surface area (Å²) in [5.74, 6) is 1.11. The van der Waals surface area contributed by atoms with Gasteiger partial charge in [0.2, 0.25) is 5.91 Å². The summed E-state index contributed by atoms with van der Waals surface area (Å²) in [6, 6.07) is 12.8. The van der Waals surface area contributed by atoms with Crippen molar-refractivity contribution in [2.45, 2.75) is 25.7 Å². The van der Waals surface area contributed by atoms with Gasteiger partial charge in [0, 0.05) is 43.4 Å². The zero-order chi connectivity index (χ0) is 27.8. The van der Waals surface area contributed by atoms with Crippen molar-refractivity contribution < 1.29 is 13.9 Å². The number of imidazole rings is 1.